The zero-order chi connectivity index (χ0) is 14.7. The number of benzene rings is 1. The van der Waals surface area contributed by atoms with Crippen molar-refractivity contribution in [3.63, 3.8) is 0 Å². The number of ether oxygens (including phenoxy) is 1. The Hall–Kier alpha value is -1.88. The van der Waals surface area contributed by atoms with Crippen LogP contribution in [0.25, 0.3) is 11.4 Å². The average Bonchev–Trinajstić information content (AvgIpc) is 2.99. The van der Waals surface area contributed by atoms with Crippen LogP contribution in [0.4, 0.5) is 0 Å². The van der Waals surface area contributed by atoms with Crippen LogP contribution in [0.3, 0.4) is 0 Å². The Morgan fingerprint density at radius 1 is 1.43 bits per heavy atom. The summed E-state index contributed by atoms with van der Waals surface area (Å²) in [4.78, 5) is 4.60. The summed E-state index contributed by atoms with van der Waals surface area (Å²) in [5.74, 6) is 2.16. The molecule has 3 rings (SSSR count). The van der Waals surface area contributed by atoms with Crippen molar-refractivity contribution in [1.29, 1.82) is 0 Å². The number of nitrogens with zero attached hydrogens (tertiary/aromatic N) is 2. The smallest absolute Gasteiger partial charge is 0.234 e. The van der Waals surface area contributed by atoms with Gasteiger partial charge in [0.05, 0.1) is 12.0 Å². The first kappa shape index (κ1) is 14.1. The highest BCUT2D eigenvalue weighted by atomic mass is 16.5. The SMILES string of the molecule is CCOc1cccc(-c2noc(C3(C)CCCNC3)n2)c1. The molecule has 1 aromatic carbocycles. The van der Waals surface area contributed by atoms with Crippen LogP contribution in [0, 0.1) is 0 Å². The molecule has 1 N–H and O–H groups in total. The summed E-state index contributed by atoms with van der Waals surface area (Å²) >= 11 is 0. The van der Waals surface area contributed by atoms with E-state index in [1.807, 2.05) is 31.2 Å². The molecule has 0 aliphatic carbocycles. The normalized spacial score (nSPS) is 22.2. The molecule has 112 valence electrons. The largest absolute Gasteiger partial charge is 0.494 e. The van der Waals surface area contributed by atoms with Gasteiger partial charge in [-0.25, -0.2) is 0 Å². The average molecular weight is 287 g/mol. The molecule has 1 aromatic heterocycles. The summed E-state index contributed by atoms with van der Waals surface area (Å²) < 4.78 is 11.0. The van der Waals surface area contributed by atoms with Gasteiger partial charge >= 0.3 is 0 Å². The van der Waals surface area contributed by atoms with E-state index in [4.69, 9.17) is 9.26 Å². The minimum absolute atomic E-state index is 0.0684. The summed E-state index contributed by atoms with van der Waals surface area (Å²) in [6, 6.07) is 7.79. The number of nitrogens with one attached hydrogen (secondary N) is 1. The van der Waals surface area contributed by atoms with E-state index in [0.717, 1.165) is 37.2 Å². The molecule has 0 amide bonds. The zero-order valence-corrected chi connectivity index (χ0v) is 12.6. The molecule has 1 atom stereocenters. The van der Waals surface area contributed by atoms with Crippen molar-refractivity contribution in [2.24, 2.45) is 0 Å². The van der Waals surface area contributed by atoms with E-state index >= 15 is 0 Å². The molecule has 1 aliphatic rings. The van der Waals surface area contributed by atoms with Crippen LogP contribution in [-0.2, 0) is 5.41 Å². The highest BCUT2D eigenvalue weighted by Gasteiger charge is 2.34. The van der Waals surface area contributed by atoms with Crippen LogP contribution < -0.4 is 10.1 Å². The molecule has 5 nitrogen and oxygen atoms in total. The second kappa shape index (κ2) is 5.85. The third-order valence-corrected chi connectivity index (χ3v) is 3.94. The third-order valence-electron chi connectivity index (χ3n) is 3.94. The molecule has 1 aliphatic heterocycles. The molecule has 1 unspecified atom stereocenters. The maximum Gasteiger partial charge on any atom is 0.234 e. The quantitative estimate of drug-likeness (QED) is 0.937. The Morgan fingerprint density at radius 2 is 2.33 bits per heavy atom. The topological polar surface area (TPSA) is 60.2 Å². The molecule has 2 aromatic rings. The van der Waals surface area contributed by atoms with Gasteiger partial charge in [-0.15, -0.1) is 0 Å². The lowest BCUT2D eigenvalue weighted by Crippen LogP contribution is -2.41. The molecule has 2 heterocycles. The Morgan fingerprint density at radius 3 is 3.10 bits per heavy atom. The van der Waals surface area contributed by atoms with E-state index in [1.54, 1.807) is 0 Å². The Bertz CT molecular complexity index is 603. The minimum atomic E-state index is -0.0684. The van der Waals surface area contributed by atoms with Gasteiger partial charge < -0.3 is 14.6 Å². The van der Waals surface area contributed by atoms with Crippen molar-refractivity contribution in [2.75, 3.05) is 19.7 Å². The molecule has 1 fully saturated rings. The summed E-state index contributed by atoms with van der Waals surface area (Å²) in [6.45, 7) is 6.73. The Kier molecular flexibility index (Phi) is 3.92. The van der Waals surface area contributed by atoms with Gasteiger partial charge in [0.2, 0.25) is 11.7 Å². The fourth-order valence-electron chi connectivity index (χ4n) is 2.72. The number of piperidine rings is 1. The van der Waals surface area contributed by atoms with Crippen molar-refractivity contribution in [1.82, 2.24) is 15.5 Å². The van der Waals surface area contributed by atoms with E-state index < -0.39 is 0 Å². The molecule has 0 radical (unpaired) electrons. The number of rotatable bonds is 4. The van der Waals surface area contributed by atoms with Gasteiger partial charge in [0.25, 0.3) is 0 Å². The van der Waals surface area contributed by atoms with Gasteiger partial charge in [0.15, 0.2) is 0 Å². The lowest BCUT2D eigenvalue weighted by atomic mass is 9.83. The first-order valence-electron chi connectivity index (χ1n) is 7.49. The van der Waals surface area contributed by atoms with Crippen LogP contribution in [-0.4, -0.2) is 29.8 Å². The van der Waals surface area contributed by atoms with Gasteiger partial charge in [-0.2, -0.15) is 4.98 Å². The first-order chi connectivity index (χ1) is 10.2. The first-order valence-corrected chi connectivity index (χ1v) is 7.49. The second-order valence-corrected chi connectivity index (χ2v) is 5.72. The lowest BCUT2D eigenvalue weighted by Gasteiger charge is -2.30. The molecular weight excluding hydrogens is 266 g/mol. The minimum Gasteiger partial charge on any atom is -0.494 e. The summed E-state index contributed by atoms with van der Waals surface area (Å²) in [6.07, 6.45) is 2.20. The van der Waals surface area contributed by atoms with E-state index in [1.165, 1.54) is 0 Å². The van der Waals surface area contributed by atoms with Crippen LogP contribution in [0.2, 0.25) is 0 Å². The highest BCUT2D eigenvalue weighted by molar-refractivity contribution is 5.57. The van der Waals surface area contributed by atoms with Gasteiger partial charge in [0.1, 0.15) is 5.75 Å². The van der Waals surface area contributed by atoms with Crippen molar-refractivity contribution in [2.45, 2.75) is 32.1 Å². The Labute approximate surface area is 124 Å². The maximum atomic E-state index is 5.52. The predicted octanol–water partition coefficient (Wildman–Crippen LogP) is 2.78. The van der Waals surface area contributed by atoms with Gasteiger partial charge in [-0.1, -0.05) is 17.3 Å². The molecule has 5 heteroatoms. The van der Waals surface area contributed by atoms with Crippen molar-refractivity contribution in [3.05, 3.63) is 30.2 Å². The summed E-state index contributed by atoms with van der Waals surface area (Å²) in [5.41, 5.74) is 0.851. The summed E-state index contributed by atoms with van der Waals surface area (Å²) in [5, 5.41) is 7.54. The maximum absolute atomic E-state index is 5.52. The predicted molar refractivity (Wildman–Crippen MR) is 80.4 cm³/mol. The molecule has 0 spiro atoms. The second-order valence-electron chi connectivity index (χ2n) is 5.72. The highest BCUT2D eigenvalue weighted by Crippen LogP contribution is 2.31. The van der Waals surface area contributed by atoms with Crippen LogP contribution in [0.15, 0.2) is 28.8 Å². The van der Waals surface area contributed by atoms with Gasteiger partial charge in [-0.05, 0) is 45.4 Å². The lowest BCUT2D eigenvalue weighted by molar-refractivity contribution is 0.245. The van der Waals surface area contributed by atoms with E-state index in [2.05, 4.69) is 22.4 Å². The number of aromatic nitrogens is 2. The van der Waals surface area contributed by atoms with E-state index in [-0.39, 0.29) is 5.41 Å². The van der Waals surface area contributed by atoms with Crippen LogP contribution in [0.5, 0.6) is 5.75 Å². The number of hydrogen-bond donors (Lipinski definition) is 1. The third kappa shape index (κ3) is 2.93. The van der Waals surface area contributed by atoms with Crippen LogP contribution in [0.1, 0.15) is 32.6 Å². The molecule has 1 saturated heterocycles. The molecular formula is C16H21N3O2. The summed E-state index contributed by atoms with van der Waals surface area (Å²) in [7, 11) is 0. The van der Waals surface area contributed by atoms with Crippen molar-refractivity contribution < 1.29 is 9.26 Å². The van der Waals surface area contributed by atoms with E-state index in [0.29, 0.717) is 18.3 Å². The standard InChI is InChI=1S/C16H21N3O2/c1-3-20-13-7-4-6-12(10-13)14-18-15(21-19-14)16(2)8-5-9-17-11-16/h4,6-7,10,17H,3,5,8-9,11H2,1-2H3. The van der Waals surface area contributed by atoms with Gasteiger partial charge in [-0.3, -0.25) is 0 Å². The van der Waals surface area contributed by atoms with Gasteiger partial charge in [0, 0.05) is 12.1 Å². The van der Waals surface area contributed by atoms with Crippen molar-refractivity contribution >= 4 is 0 Å². The van der Waals surface area contributed by atoms with E-state index in [9.17, 15) is 0 Å². The fraction of sp³-hybridized carbons (Fsp3) is 0.500. The fourth-order valence-corrected chi connectivity index (χ4v) is 2.72. The van der Waals surface area contributed by atoms with Crippen molar-refractivity contribution in [3.8, 4) is 17.1 Å². The molecule has 0 saturated carbocycles. The Balaban J connectivity index is 1.86. The monoisotopic (exact) mass is 287 g/mol. The molecule has 21 heavy (non-hydrogen) atoms. The van der Waals surface area contributed by atoms with Crippen LogP contribution >= 0.6 is 0 Å². The zero-order valence-electron chi connectivity index (χ0n) is 12.6. The number of hydrogen-bond acceptors (Lipinski definition) is 5. The molecule has 0 bridgehead atoms.